The highest BCUT2D eigenvalue weighted by molar-refractivity contribution is 5.89. The molecule has 0 unspecified atom stereocenters. The quantitative estimate of drug-likeness (QED) is 0.900. The third-order valence-corrected chi connectivity index (χ3v) is 2.81. The summed E-state index contributed by atoms with van der Waals surface area (Å²) < 4.78 is 13.1. The first kappa shape index (κ1) is 14.0. The van der Waals surface area contributed by atoms with Gasteiger partial charge in [-0.3, -0.25) is 4.98 Å². The first-order chi connectivity index (χ1) is 9.65. The number of aryl methyl sites for hydroxylation is 1. The lowest BCUT2D eigenvalue weighted by Gasteiger charge is -2.08. The molecule has 0 spiro atoms. The minimum absolute atomic E-state index is 0.286. The molecule has 2 N–H and O–H groups in total. The van der Waals surface area contributed by atoms with Crippen molar-refractivity contribution in [2.75, 3.05) is 11.9 Å². The Hall–Kier alpha value is -2.43. The monoisotopic (exact) mass is 273 g/mol. The van der Waals surface area contributed by atoms with E-state index in [9.17, 15) is 9.18 Å². The molecule has 0 aliphatic rings. The zero-order valence-electron chi connectivity index (χ0n) is 11.2. The molecule has 20 heavy (non-hydrogen) atoms. The van der Waals surface area contributed by atoms with Gasteiger partial charge < -0.3 is 10.6 Å². The SMILES string of the molecule is Cc1cc(NC(=O)NCCc2ccccn2)ccc1F. The van der Waals surface area contributed by atoms with Crippen molar-refractivity contribution in [3.63, 3.8) is 0 Å². The average molecular weight is 273 g/mol. The summed E-state index contributed by atoms with van der Waals surface area (Å²) in [6, 6.07) is 9.80. The van der Waals surface area contributed by atoms with E-state index < -0.39 is 0 Å². The lowest BCUT2D eigenvalue weighted by atomic mass is 10.2. The topological polar surface area (TPSA) is 54.0 Å². The van der Waals surface area contributed by atoms with Crippen LogP contribution in [0.1, 0.15) is 11.3 Å². The molecule has 0 fully saturated rings. The molecule has 1 heterocycles. The van der Waals surface area contributed by atoms with Gasteiger partial charge in [0.15, 0.2) is 0 Å². The van der Waals surface area contributed by atoms with E-state index in [4.69, 9.17) is 0 Å². The summed E-state index contributed by atoms with van der Waals surface area (Å²) in [4.78, 5) is 15.8. The van der Waals surface area contributed by atoms with E-state index in [1.807, 2.05) is 18.2 Å². The number of pyridine rings is 1. The van der Waals surface area contributed by atoms with E-state index in [0.29, 0.717) is 24.2 Å². The van der Waals surface area contributed by atoms with Gasteiger partial charge >= 0.3 is 6.03 Å². The number of benzene rings is 1. The number of halogens is 1. The highest BCUT2D eigenvalue weighted by Crippen LogP contribution is 2.13. The summed E-state index contributed by atoms with van der Waals surface area (Å²) in [7, 11) is 0. The molecule has 0 atom stereocenters. The van der Waals surface area contributed by atoms with Gasteiger partial charge in [-0.1, -0.05) is 6.07 Å². The molecular weight excluding hydrogens is 257 g/mol. The van der Waals surface area contributed by atoms with Gasteiger partial charge in [0.25, 0.3) is 0 Å². The van der Waals surface area contributed by atoms with Crippen LogP contribution in [0.3, 0.4) is 0 Å². The lowest BCUT2D eigenvalue weighted by Crippen LogP contribution is -2.30. The number of aromatic nitrogens is 1. The Kier molecular flexibility index (Phi) is 4.65. The Morgan fingerprint density at radius 1 is 1.30 bits per heavy atom. The molecule has 2 amide bonds. The smallest absolute Gasteiger partial charge is 0.319 e. The molecule has 1 aromatic heterocycles. The van der Waals surface area contributed by atoms with E-state index in [1.165, 1.54) is 12.1 Å². The van der Waals surface area contributed by atoms with Gasteiger partial charge in [0, 0.05) is 30.5 Å². The Balaban J connectivity index is 1.79. The number of carbonyl (C=O) groups excluding carboxylic acids is 1. The summed E-state index contributed by atoms with van der Waals surface area (Å²) in [5, 5.41) is 5.39. The van der Waals surface area contributed by atoms with Crippen LogP contribution in [0, 0.1) is 12.7 Å². The van der Waals surface area contributed by atoms with Crippen LogP contribution >= 0.6 is 0 Å². The van der Waals surface area contributed by atoms with E-state index in [1.54, 1.807) is 19.2 Å². The normalized spacial score (nSPS) is 10.1. The molecule has 1 aromatic carbocycles. The number of amides is 2. The maximum absolute atomic E-state index is 13.1. The van der Waals surface area contributed by atoms with Gasteiger partial charge in [-0.25, -0.2) is 9.18 Å². The van der Waals surface area contributed by atoms with Crippen LogP contribution in [0.4, 0.5) is 14.9 Å². The van der Waals surface area contributed by atoms with Crippen molar-refractivity contribution in [3.8, 4) is 0 Å². The van der Waals surface area contributed by atoms with Crippen molar-refractivity contribution in [2.45, 2.75) is 13.3 Å². The highest BCUT2D eigenvalue weighted by atomic mass is 19.1. The third kappa shape index (κ3) is 4.05. The molecule has 5 heteroatoms. The Labute approximate surface area is 117 Å². The number of hydrogen-bond acceptors (Lipinski definition) is 2. The van der Waals surface area contributed by atoms with Gasteiger partial charge in [-0.05, 0) is 42.8 Å². The van der Waals surface area contributed by atoms with Crippen LogP contribution in [0.2, 0.25) is 0 Å². The minimum Gasteiger partial charge on any atom is -0.337 e. The summed E-state index contributed by atoms with van der Waals surface area (Å²) in [5.41, 5.74) is 1.99. The molecule has 104 valence electrons. The molecular formula is C15H16FN3O. The Morgan fingerprint density at radius 3 is 2.85 bits per heavy atom. The Morgan fingerprint density at radius 2 is 2.15 bits per heavy atom. The van der Waals surface area contributed by atoms with Crippen molar-refractivity contribution in [1.29, 1.82) is 0 Å². The maximum Gasteiger partial charge on any atom is 0.319 e. The molecule has 0 radical (unpaired) electrons. The predicted octanol–water partition coefficient (Wildman–Crippen LogP) is 2.89. The van der Waals surface area contributed by atoms with Crippen molar-refractivity contribution in [3.05, 3.63) is 59.7 Å². The van der Waals surface area contributed by atoms with Gasteiger partial charge in [-0.2, -0.15) is 0 Å². The fourth-order valence-electron chi connectivity index (χ4n) is 1.75. The van der Waals surface area contributed by atoms with E-state index in [-0.39, 0.29) is 11.8 Å². The number of carbonyl (C=O) groups is 1. The summed E-state index contributed by atoms with van der Waals surface area (Å²) in [6.07, 6.45) is 2.38. The largest absolute Gasteiger partial charge is 0.337 e. The van der Waals surface area contributed by atoms with Crippen molar-refractivity contribution in [2.24, 2.45) is 0 Å². The van der Waals surface area contributed by atoms with Crippen LogP contribution in [0.25, 0.3) is 0 Å². The second-order valence-corrected chi connectivity index (χ2v) is 4.42. The number of anilines is 1. The number of rotatable bonds is 4. The molecule has 0 bridgehead atoms. The van der Waals surface area contributed by atoms with Crippen LogP contribution in [0.5, 0.6) is 0 Å². The molecule has 0 saturated heterocycles. The molecule has 0 aliphatic heterocycles. The predicted molar refractivity (Wildman–Crippen MR) is 76.1 cm³/mol. The van der Waals surface area contributed by atoms with Crippen molar-refractivity contribution >= 4 is 11.7 Å². The van der Waals surface area contributed by atoms with Gasteiger partial charge in [0.05, 0.1) is 0 Å². The van der Waals surface area contributed by atoms with Gasteiger partial charge in [0.2, 0.25) is 0 Å². The summed E-state index contributed by atoms with van der Waals surface area (Å²) in [5.74, 6) is -0.286. The van der Waals surface area contributed by atoms with Crippen molar-refractivity contribution < 1.29 is 9.18 Å². The molecule has 4 nitrogen and oxygen atoms in total. The molecule has 0 saturated carbocycles. The van der Waals surface area contributed by atoms with E-state index in [0.717, 1.165) is 5.69 Å². The lowest BCUT2D eigenvalue weighted by molar-refractivity contribution is 0.252. The van der Waals surface area contributed by atoms with E-state index in [2.05, 4.69) is 15.6 Å². The number of hydrogen-bond donors (Lipinski definition) is 2. The van der Waals surface area contributed by atoms with Crippen LogP contribution in [-0.4, -0.2) is 17.6 Å². The van der Waals surface area contributed by atoms with Crippen LogP contribution in [-0.2, 0) is 6.42 Å². The number of nitrogens with zero attached hydrogens (tertiary/aromatic N) is 1. The first-order valence-corrected chi connectivity index (χ1v) is 6.36. The fraction of sp³-hybridized carbons (Fsp3) is 0.200. The number of urea groups is 1. The summed E-state index contributed by atoms with van der Waals surface area (Å²) >= 11 is 0. The van der Waals surface area contributed by atoms with E-state index >= 15 is 0 Å². The zero-order valence-corrected chi connectivity index (χ0v) is 11.2. The van der Waals surface area contributed by atoms with Crippen molar-refractivity contribution in [1.82, 2.24) is 10.3 Å². The van der Waals surface area contributed by atoms with Gasteiger partial charge in [-0.15, -0.1) is 0 Å². The second kappa shape index (κ2) is 6.65. The second-order valence-electron chi connectivity index (χ2n) is 4.42. The van der Waals surface area contributed by atoms with Crippen LogP contribution in [0.15, 0.2) is 42.6 Å². The zero-order chi connectivity index (χ0) is 14.4. The molecule has 2 aromatic rings. The molecule has 2 rings (SSSR count). The van der Waals surface area contributed by atoms with Gasteiger partial charge in [0.1, 0.15) is 5.82 Å². The molecule has 0 aliphatic carbocycles. The minimum atomic E-state index is -0.313. The Bertz CT molecular complexity index is 587. The maximum atomic E-state index is 13.1. The summed E-state index contributed by atoms with van der Waals surface area (Å²) in [6.45, 7) is 2.14. The average Bonchev–Trinajstić information content (AvgIpc) is 2.44. The first-order valence-electron chi connectivity index (χ1n) is 6.36. The highest BCUT2D eigenvalue weighted by Gasteiger charge is 2.03. The van der Waals surface area contributed by atoms with Crippen LogP contribution < -0.4 is 10.6 Å². The standard InChI is InChI=1S/C15H16FN3O/c1-11-10-13(5-6-14(11)16)19-15(20)18-9-7-12-4-2-3-8-17-12/h2-6,8,10H,7,9H2,1H3,(H2,18,19,20). The third-order valence-electron chi connectivity index (χ3n) is 2.81. The fourth-order valence-corrected chi connectivity index (χ4v) is 1.75. The number of nitrogens with one attached hydrogen (secondary N) is 2.